The van der Waals surface area contributed by atoms with Crippen molar-refractivity contribution in [2.75, 3.05) is 0 Å². The summed E-state index contributed by atoms with van der Waals surface area (Å²) in [6.45, 7) is 7.54. The van der Waals surface area contributed by atoms with Crippen molar-refractivity contribution in [3.05, 3.63) is 65.5 Å². The maximum Gasteiger partial charge on any atom is 0.433 e. The maximum absolute atomic E-state index is 12.9. The molecule has 1 heterocycles. The molecule has 3 unspecified atom stereocenters. The van der Waals surface area contributed by atoms with E-state index in [9.17, 15) is 28.5 Å². The van der Waals surface area contributed by atoms with Crippen LogP contribution < -0.4 is 0 Å². The van der Waals surface area contributed by atoms with Gasteiger partial charge < -0.3 is 15.3 Å². The molecule has 0 radical (unpaired) electrons. The Labute approximate surface area is 166 Å². The minimum absolute atomic E-state index is 0.173. The van der Waals surface area contributed by atoms with E-state index < -0.39 is 23.9 Å². The van der Waals surface area contributed by atoms with Gasteiger partial charge in [0, 0.05) is 17.7 Å². The first-order chi connectivity index (χ1) is 13.5. The van der Waals surface area contributed by atoms with Crippen LogP contribution in [0.25, 0.3) is 11.1 Å². The monoisotopic (exact) mass is 405 g/mol. The summed E-state index contributed by atoms with van der Waals surface area (Å²) >= 11 is 0. The molecule has 0 spiro atoms. The number of hydrogen-bond donors (Lipinski definition) is 3. The number of aromatic hydroxyl groups is 2. The number of hydrogen-bond acceptors (Lipinski definition) is 4. The SMILES string of the molecule is C=C(C)C1CC(O)C(C)=CC1c1c(O)cc(-c2ccnc(C(F)(F)F)c2)cc1O. The highest BCUT2D eigenvalue weighted by Crippen LogP contribution is 2.47. The van der Waals surface area contributed by atoms with Crippen LogP contribution in [0, 0.1) is 5.92 Å². The van der Waals surface area contributed by atoms with E-state index in [2.05, 4.69) is 11.6 Å². The summed E-state index contributed by atoms with van der Waals surface area (Å²) in [5, 5.41) is 31.4. The molecule has 0 saturated carbocycles. The number of aliphatic hydroxyl groups excluding tert-OH is 1. The molecule has 29 heavy (non-hydrogen) atoms. The molecule has 1 aromatic carbocycles. The summed E-state index contributed by atoms with van der Waals surface area (Å²) in [5.74, 6) is -1.08. The zero-order valence-electron chi connectivity index (χ0n) is 16.0. The van der Waals surface area contributed by atoms with E-state index in [1.54, 1.807) is 13.0 Å². The highest BCUT2D eigenvalue weighted by molar-refractivity contribution is 5.70. The second-order valence-corrected chi connectivity index (χ2v) is 7.50. The minimum atomic E-state index is -4.60. The van der Waals surface area contributed by atoms with E-state index >= 15 is 0 Å². The van der Waals surface area contributed by atoms with Gasteiger partial charge in [-0.25, -0.2) is 0 Å². The summed E-state index contributed by atoms with van der Waals surface area (Å²) in [6, 6.07) is 4.90. The van der Waals surface area contributed by atoms with Crippen LogP contribution in [-0.4, -0.2) is 26.4 Å². The van der Waals surface area contributed by atoms with Crippen molar-refractivity contribution in [1.29, 1.82) is 0 Å². The molecule has 4 nitrogen and oxygen atoms in total. The molecule has 3 rings (SSSR count). The molecule has 0 saturated heterocycles. The van der Waals surface area contributed by atoms with Gasteiger partial charge in [-0.3, -0.25) is 4.98 Å². The number of phenolic OH excluding ortho intramolecular Hbond substituents is 2. The molecule has 0 fully saturated rings. The third-order valence-electron chi connectivity index (χ3n) is 5.37. The van der Waals surface area contributed by atoms with E-state index in [4.69, 9.17) is 0 Å². The van der Waals surface area contributed by atoms with Crippen LogP contribution in [0.4, 0.5) is 13.2 Å². The molecular weight excluding hydrogens is 383 g/mol. The number of benzene rings is 1. The van der Waals surface area contributed by atoms with Crippen molar-refractivity contribution in [3.63, 3.8) is 0 Å². The second kappa shape index (κ2) is 7.55. The zero-order chi connectivity index (χ0) is 21.5. The summed E-state index contributed by atoms with van der Waals surface area (Å²) in [5.41, 5.74) is 1.13. The average molecular weight is 405 g/mol. The number of aromatic nitrogens is 1. The van der Waals surface area contributed by atoms with Crippen LogP contribution >= 0.6 is 0 Å². The Hall–Kier alpha value is -2.80. The maximum atomic E-state index is 12.9. The molecule has 1 aromatic heterocycles. The number of aliphatic hydroxyl groups is 1. The van der Waals surface area contributed by atoms with Crippen molar-refractivity contribution in [1.82, 2.24) is 4.98 Å². The highest BCUT2D eigenvalue weighted by atomic mass is 19.4. The van der Waals surface area contributed by atoms with Gasteiger partial charge in [0.25, 0.3) is 0 Å². The lowest BCUT2D eigenvalue weighted by molar-refractivity contribution is -0.141. The lowest BCUT2D eigenvalue weighted by Gasteiger charge is -2.34. The number of allylic oxidation sites excluding steroid dienone is 2. The van der Waals surface area contributed by atoms with Gasteiger partial charge in [-0.15, -0.1) is 0 Å². The number of pyridine rings is 1. The van der Waals surface area contributed by atoms with E-state index in [0.717, 1.165) is 23.4 Å². The number of nitrogens with zero attached hydrogens (tertiary/aromatic N) is 1. The van der Waals surface area contributed by atoms with Crippen LogP contribution in [-0.2, 0) is 6.18 Å². The van der Waals surface area contributed by atoms with Crippen LogP contribution in [0.2, 0.25) is 0 Å². The number of alkyl halides is 3. The summed E-state index contributed by atoms with van der Waals surface area (Å²) < 4.78 is 38.8. The predicted octanol–water partition coefficient (Wildman–Crippen LogP) is 5.17. The molecule has 154 valence electrons. The molecule has 3 N–H and O–H groups in total. The van der Waals surface area contributed by atoms with Crippen LogP contribution in [0.15, 0.2) is 54.3 Å². The summed E-state index contributed by atoms with van der Waals surface area (Å²) in [4.78, 5) is 3.33. The van der Waals surface area contributed by atoms with Gasteiger partial charge >= 0.3 is 6.18 Å². The Morgan fingerprint density at radius 1 is 1.14 bits per heavy atom. The van der Waals surface area contributed by atoms with E-state index in [1.165, 1.54) is 18.2 Å². The van der Waals surface area contributed by atoms with Crippen molar-refractivity contribution in [2.45, 2.75) is 38.5 Å². The molecule has 0 amide bonds. The first-order valence-electron chi connectivity index (χ1n) is 9.10. The number of rotatable bonds is 3. The smallest absolute Gasteiger partial charge is 0.433 e. The molecule has 3 atom stereocenters. The third-order valence-corrected chi connectivity index (χ3v) is 5.37. The lowest BCUT2D eigenvalue weighted by atomic mass is 9.72. The van der Waals surface area contributed by atoms with Crippen LogP contribution in [0.5, 0.6) is 11.5 Å². The van der Waals surface area contributed by atoms with Crippen LogP contribution in [0.3, 0.4) is 0 Å². The second-order valence-electron chi connectivity index (χ2n) is 7.50. The van der Waals surface area contributed by atoms with Crippen molar-refractivity contribution >= 4 is 0 Å². The first-order valence-corrected chi connectivity index (χ1v) is 9.10. The third kappa shape index (κ3) is 4.15. The van der Waals surface area contributed by atoms with E-state index in [1.807, 2.05) is 6.92 Å². The predicted molar refractivity (Wildman–Crippen MR) is 103 cm³/mol. The van der Waals surface area contributed by atoms with Crippen LogP contribution in [0.1, 0.15) is 37.4 Å². The topological polar surface area (TPSA) is 73.6 Å². The minimum Gasteiger partial charge on any atom is -0.507 e. The molecule has 1 aliphatic rings. The van der Waals surface area contributed by atoms with Gasteiger partial charge in [0.1, 0.15) is 17.2 Å². The zero-order valence-corrected chi connectivity index (χ0v) is 16.0. The summed E-state index contributed by atoms with van der Waals surface area (Å²) in [7, 11) is 0. The highest BCUT2D eigenvalue weighted by Gasteiger charge is 2.34. The fourth-order valence-electron chi connectivity index (χ4n) is 3.77. The lowest BCUT2D eigenvalue weighted by Crippen LogP contribution is -2.26. The molecule has 7 heteroatoms. The number of halogens is 3. The molecular formula is C22H22F3NO3. The average Bonchev–Trinajstić information content (AvgIpc) is 2.63. The Balaban J connectivity index is 2.08. The molecule has 0 bridgehead atoms. The normalized spacial score (nSPS) is 22.3. The van der Waals surface area contributed by atoms with Gasteiger partial charge in [0.2, 0.25) is 0 Å². The van der Waals surface area contributed by atoms with Gasteiger partial charge in [0.05, 0.1) is 6.10 Å². The van der Waals surface area contributed by atoms with Gasteiger partial charge in [-0.2, -0.15) is 13.2 Å². The fourth-order valence-corrected chi connectivity index (χ4v) is 3.77. The van der Waals surface area contributed by atoms with Crippen molar-refractivity contribution in [3.8, 4) is 22.6 Å². The van der Waals surface area contributed by atoms with E-state index in [0.29, 0.717) is 6.42 Å². The standard InChI is InChI=1S/C22H22F3NO3/c1-11(2)15-10-17(27)12(3)6-16(15)21-18(28)7-14(8-19(21)29)13-4-5-26-20(9-13)22(23,24)25/h4-9,15-17,27-29H,1,10H2,2-3H3. The Morgan fingerprint density at radius 3 is 2.31 bits per heavy atom. The molecule has 1 aliphatic carbocycles. The van der Waals surface area contributed by atoms with Gasteiger partial charge in [-0.05, 0) is 67.2 Å². The largest absolute Gasteiger partial charge is 0.507 e. The fraction of sp³-hybridized carbons (Fsp3) is 0.318. The first kappa shape index (κ1) is 20.9. The van der Waals surface area contributed by atoms with Crippen molar-refractivity contribution < 1.29 is 28.5 Å². The Morgan fingerprint density at radius 2 is 1.76 bits per heavy atom. The Bertz CT molecular complexity index is 959. The van der Waals surface area contributed by atoms with E-state index in [-0.39, 0.29) is 34.1 Å². The van der Waals surface area contributed by atoms with Crippen molar-refractivity contribution in [2.24, 2.45) is 5.92 Å². The van der Waals surface area contributed by atoms with Gasteiger partial charge in [-0.1, -0.05) is 18.2 Å². The number of phenols is 2. The Kier molecular flexibility index (Phi) is 5.45. The summed E-state index contributed by atoms with van der Waals surface area (Å²) in [6.07, 6.45) is -2.00. The molecule has 2 aromatic rings. The van der Waals surface area contributed by atoms with Gasteiger partial charge in [0.15, 0.2) is 0 Å². The molecule has 0 aliphatic heterocycles. The quantitative estimate of drug-likeness (QED) is 0.617.